The fourth-order valence-electron chi connectivity index (χ4n) is 5.32. The molecule has 9 heteroatoms. The van der Waals surface area contributed by atoms with Crippen LogP contribution in [0.4, 0.5) is 0 Å². The average Bonchev–Trinajstić information content (AvgIpc) is 3.41. The highest BCUT2D eigenvalue weighted by Gasteiger charge is 2.35. The zero-order valence-electron chi connectivity index (χ0n) is 25.6. The quantitative estimate of drug-likeness (QED) is 0.188. The number of nitrogens with zero attached hydrogens (tertiary/aromatic N) is 2. The molecule has 0 fully saturated rings. The molecule has 0 saturated carbocycles. The zero-order chi connectivity index (χ0) is 32.0. The molecule has 232 valence electrons. The van der Waals surface area contributed by atoms with E-state index in [-0.39, 0.29) is 12.2 Å². The maximum absolute atomic E-state index is 14.2. The van der Waals surface area contributed by atoms with Crippen LogP contribution in [-0.2, 0) is 16.1 Å². The van der Waals surface area contributed by atoms with E-state index in [1.807, 2.05) is 103 Å². The van der Waals surface area contributed by atoms with Crippen molar-refractivity contribution < 1.29 is 23.7 Å². The first-order valence-electron chi connectivity index (χ1n) is 14.8. The first-order chi connectivity index (χ1) is 22.5. The molecular formula is C37H32N2O6S. The number of hydrogen-bond donors (Lipinski definition) is 0. The molecule has 6 rings (SSSR count). The van der Waals surface area contributed by atoms with Gasteiger partial charge in [-0.05, 0) is 54.0 Å². The summed E-state index contributed by atoms with van der Waals surface area (Å²) < 4.78 is 24.6. The number of fused-ring (bicyclic) bond motifs is 1. The molecule has 5 aromatic rings. The number of methoxy groups -OCH3 is 2. The lowest BCUT2D eigenvalue weighted by Gasteiger charge is -2.26. The summed E-state index contributed by atoms with van der Waals surface area (Å²) >= 11 is 1.26. The van der Waals surface area contributed by atoms with Gasteiger partial charge in [-0.1, -0.05) is 90.2 Å². The Bertz CT molecular complexity index is 2070. The van der Waals surface area contributed by atoms with Crippen molar-refractivity contribution >= 4 is 29.1 Å². The Morgan fingerprint density at radius 2 is 1.61 bits per heavy atom. The summed E-state index contributed by atoms with van der Waals surface area (Å²) in [6.45, 7) is 2.33. The molecule has 8 nitrogen and oxygen atoms in total. The molecular weight excluding hydrogens is 600 g/mol. The lowest BCUT2D eigenvalue weighted by atomic mass is 9.93. The smallest absolute Gasteiger partial charge is 0.338 e. The summed E-state index contributed by atoms with van der Waals surface area (Å²) in [5.74, 6) is 1.27. The molecule has 0 amide bonds. The van der Waals surface area contributed by atoms with E-state index in [1.54, 1.807) is 31.8 Å². The van der Waals surface area contributed by atoms with Crippen LogP contribution in [-0.4, -0.2) is 31.4 Å². The molecule has 0 aliphatic carbocycles. The molecule has 1 aliphatic heterocycles. The van der Waals surface area contributed by atoms with E-state index >= 15 is 0 Å². The maximum Gasteiger partial charge on any atom is 0.338 e. The van der Waals surface area contributed by atoms with E-state index in [2.05, 4.69) is 0 Å². The Labute approximate surface area is 270 Å². The van der Waals surface area contributed by atoms with Crippen molar-refractivity contribution in [3.05, 3.63) is 151 Å². The Kier molecular flexibility index (Phi) is 9.12. The molecule has 0 saturated heterocycles. The summed E-state index contributed by atoms with van der Waals surface area (Å²) in [5.41, 5.74) is 3.75. The van der Waals surface area contributed by atoms with Gasteiger partial charge >= 0.3 is 5.97 Å². The molecule has 0 unspecified atom stereocenters. The third-order valence-corrected chi connectivity index (χ3v) is 8.51. The van der Waals surface area contributed by atoms with Gasteiger partial charge in [0.05, 0.1) is 42.7 Å². The van der Waals surface area contributed by atoms with Crippen molar-refractivity contribution in [3.8, 4) is 17.2 Å². The Morgan fingerprint density at radius 1 is 0.891 bits per heavy atom. The molecule has 1 aromatic heterocycles. The van der Waals surface area contributed by atoms with Crippen LogP contribution in [0.1, 0.15) is 35.2 Å². The van der Waals surface area contributed by atoms with Gasteiger partial charge in [-0.15, -0.1) is 0 Å². The summed E-state index contributed by atoms with van der Waals surface area (Å²) in [5, 5.41) is 0. The predicted octanol–water partition coefficient (Wildman–Crippen LogP) is 5.53. The van der Waals surface area contributed by atoms with Crippen molar-refractivity contribution in [3.63, 3.8) is 0 Å². The first kappa shape index (κ1) is 30.6. The van der Waals surface area contributed by atoms with Gasteiger partial charge in [0, 0.05) is 5.56 Å². The lowest BCUT2D eigenvalue weighted by Crippen LogP contribution is -2.40. The molecule has 0 radical (unpaired) electrons. The van der Waals surface area contributed by atoms with Gasteiger partial charge in [-0.2, -0.15) is 0 Å². The minimum absolute atomic E-state index is 0.178. The molecule has 0 bridgehead atoms. The topological polar surface area (TPSA) is 88.4 Å². The molecule has 0 spiro atoms. The van der Waals surface area contributed by atoms with Gasteiger partial charge in [0.25, 0.3) is 5.56 Å². The number of thiazole rings is 1. The minimum Gasteiger partial charge on any atom is -0.497 e. The van der Waals surface area contributed by atoms with E-state index in [1.165, 1.54) is 11.3 Å². The molecule has 1 atom stereocenters. The highest BCUT2D eigenvalue weighted by Crippen LogP contribution is 2.36. The SMILES string of the molecule is CCOC(=O)C1=C(c2ccccc2)N=c2s/c(=C\c3ccc(OCc4ccccc4)c(OC)c3)c(=O)n2[C@H]1c1ccc(OC)cc1. The third kappa shape index (κ3) is 6.23. The molecule has 2 heterocycles. The van der Waals surface area contributed by atoms with Gasteiger partial charge in [0.2, 0.25) is 0 Å². The number of rotatable bonds is 10. The van der Waals surface area contributed by atoms with Crippen LogP contribution in [0.25, 0.3) is 11.8 Å². The summed E-state index contributed by atoms with van der Waals surface area (Å²) in [7, 11) is 3.17. The minimum atomic E-state index is -0.776. The van der Waals surface area contributed by atoms with Crippen LogP contribution in [0.15, 0.2) is 118 Å². The standard InChI is InChI=1S/C37H32N2O6S/c1-4-44-36(41)32-33(26-13-9-6-10-14-26)38-37-39(34(32)27-16-18-28(42-2)19-17-27)35(40)31(46-37)22-25-15-20-29(30(21-25)43-3)45-23-24-11-7-5-8-12-24/h5-22,34H,4,23H2,1-3H3/b31-22-/t34-/m0/s1. The zero-order valence-corrected chi connectivity index (χ0v) is 26.5. The van der Waals surface area contributed by atoms with Gasteiger partial charge in [0.1, 0.15) is 12.4 Å². The number of hydrogen-bond acceptors (Lipinski definition) is 8. The molecule has 1 aliphatic rings. The highest BCUT2D eigenvalue weighted by molar-refractivity contribution is 7.07. The second kappa shape index (κ2) is 13.7. The second-order valence-electron chi connectivity index (χ2n) is 10.4. The maximum atomic E-state index is 14.2. The van der Waals surface area contributed by atoms with Crippen molar-refractivity contribution in [2.45, 2.75) is 19.6 Å². The molecule has 46 heavy (non-hydrogen) atoms. The number of carbonyl (C=O) groups is 1. The summed E-state index contributed by atoms with van der Waals surface area (Å²) in [6.07, 6.45) is 1.80. The molecule has 4 aromatic carbocycles. The van der Waals surface area contributed by atoms with Crippen LogP contribution >= 0.6 is 11.3 Å². The van der Waals surface area contributed by atoms with Crippen LogP contribution < -0.4 is 29.1 Å². The van der Waals surface area contributed by atoms with Gasteiger partial charge in [0.15, 0.2) is 16.3 Å². The van der Waals surface area contributed by atoms with E-state index in [4.69, 9.17) is 23.9 Å². The van der Waals surface area contributed by atoms with Crippen molar-refractivity contribution in [2.75, 3.05) is 20.8 Å². The number of ether oxygens (including phenoxy) is 4. The van der Waals surface area contributed by atoms with Crippen LogP contribution in [0.2, 0.25) is 0 Å². The second-order valence-corrected chi connectivity index (χ2v) is 11.4. The van der Waals surface area contributed by atoms with Gasteiger partial charge in [-0.3, -0.25) is 9.36 Å². The fraction of sp³-hybridized carbons (Fsp3) is 0.162. The Morgan fingerprint density at radius 3 is 2.28 bits per heavy atom. The van der Waals surface area contributed by atoms with E-state index in [9.17, 15) is 9.59 Å². The fourth-order valence-corrected chi connectivity index (χ4v) is 6.32. The van der Waals surface area contributed by atoms with Gasteiger partial charge < -0.3 is 18.9 Å². The average molecular weight is 633 g/mol. The number of carbonyl (C=O) groups excluding carboxylic acids is 1. The van der Waals surface area contributed by atoms with Crippen molar-refractivity contribution in [1.29, 1.82) is 0 Å². The number of aromatic nitrogens is 1. The predicted molar refractivity (Wildman–Crippen MR) is 178 cm³/mol. The summed E-state index contributed by atoms with van der Waals surface area (Å²) in [4.78, 5) is 33.2. The third-order valence-electron chi connectivity index (χ3n) is 7.53. The van der Waals surface area contributed by atoms with Crippen LogP contribution in [0, 0.1) is 0 Å². The monoisotopic (exact) mass is 632 g/mol. The van der Waals surface area contributed by atoms with Crippen molar-refractivity contribution in [2.24, 2.45) is 4.99 Å². The van der Waals surface area contributed by atoms with Crippen LogP contribution in [0.3, 0.4) is 0 Å². The van der Waals surface area contributed by atoms with E-state index in [0.29, 0.717) is 44.5 Å². The van der Waals surface area contributed by atoms with Crippen molar-refractivity contribution in [1.82, 2.24) is 4.57 Å². The van der Waals surface area contributed by atoms with Gasteiger partial charge in [-0.25, -0.2) is 9.79 Å². The molecule has 0 N–H and O–H groups in total. The Hall–Kier alpha value is -5.41. The highest BCUT2D eigenvalue weighted by atomic mass is 32.1. The number of benzene rings is 4. The lowest BCUT2D eigenvalue weighted by molar-refractivity contribution is -0.138. The number of esters is 1. The largest absolute Gasteiger partial charge is 0.497 e. The normalized spacial score (nSPS) is 14.3. The van der Waals surface area contributed by atoms with E-state index < -0.39 is 12.0 Å². The van der Waals surface area contributed by atoms with Crippen LogP contribution in [0.5, 0.6) is 17.2 Å². The first-order valence-corrected chi connectivity index (χ1v) is 15.6. The Balaban J connectivity index is 1.48. The summed E-state index contributed by atoms with van der Waals surface area (Å²) in [6, 6.07) is 31.4. The van der Waals surface area contributed by atoms with E-state index in [0.717, 1.165) is 22.3 Å².